The predicted molar refractivity (Wildman–Crippen MR) is 108 cm³/mol. The van der Waals surface area contributed by atoms with E-state index in [1.807, 2.05) is 13.0 Å². The molecule has 0 atom stereocenters. The lowest BCUT2D eigenvalue weighted by molar-refractivity contribution is -0.143. The Kier molecular flexibility index (Phi) is 6.73. The molecule has 3 rings (SSSR count). The van der Waals surface area contributed by atoms with E-state index >= 15 is 0 Å². The minimum absolute atomic E-state index is 0.120. The van der Waals surface area contributed by atoms with E-state index in [2.05, 4.69) is 4.90 Å². The summed E-state index contributed by atoms with van der Waals surface area (Å²) in [5.41, 5.74) is 2.16. The van der Waals surface area contributed by atoms with Crippen molar-refractivity contribution < 1.29 is 19.1 Å². The molecule has 0 unspecified atom stereocenters. The summed E-state index contributed by atoms with van der Waals surface area (Å²) in [7, 11) is 0. The Morgan fingerprint density at radius 3 is 2.61 bits per heavy atom. The predicted octanol–water partition coefficient (Wildman–Crippen LogP) is 3.68. The first-order chi connectivity index (χ1) is 13.5. The summed E-state index contributed by atoms with van der Waals surface area (Å²) in [6.45, 7) is 6.43. The van der Waals surface area contributed by atoms with Gasteiger partial charge in [0.25, 0.3) is 0 Å². The zero-order valence-corrected chi connectivity index (χ0v) is 16.8. The fraction of sp³-hybridized carbons (Fsp3) is 0.545. The molecule has 1 aromatic carbocycles. The summed E-state index contributed by atoms with van der Waals surface area (Å²) in [6, 6.07) is 3.29. The van der Waals surface area contributed by atoms with Crippen LogP contribution >= 0.6 is 0 Å². The van der Waals surface area contributed by atoms with Gasteiger partial charge in [-0.15, -0.1) is 0 Å². The minimum Gasteiger partial charge on any atom is -0.507 e. The largest absolute Gasteiger partial charge is 0.507 e. The van der Waals surface area contributed by atoms with Crippen LogP contribution in [-0.4, -0.2) is 35.7 Å². The first-order valence-electron chi connectivity index (χ1n) is 10.2. The average molecular weight is 387 g/mol. The van der Waals surface area contributed by atoms with E-state index < -0.39 is 5.63 Å². The second-order valence-corrected chi connectivity index (χ2v) is 7.48. The highest BCUT2D eigenvalue weighted by Gasteiger charge is 2.20. The van der Waals surface area contributed by atoms with Gasteiger partial charge in [0.05, 0.1) is 12.2 Å². The highest BCUT2D eigenvalue weighted by molar-refractivity contribution is 5.86. The molecule has 0 bridgehead atoms. The molecule has 6 heteroatoms. The number of rotatable bonds is 6. The Balaban J connectivity index is 2.01. The molecule has 1 aromatic heterocycles. The maximum Gasteiger partial charge on any atom is 0.336 e. The Hall–Kier alpha value is -2.34. The lowest BCUT2D eigenvalue weighted by Gasteiger charge is -2.22. The Labute approximate surface area is 165 Å². The lowest BCUT2D eigenvalue weighted by Crippen LogP contribution is -2.24. The average Bonchev–Trinajstić information content (AvgIpc) is 2.92. The normalized spacial score (nSPS) is 15.5. The van der Waals surface area contributed by atoms with E-state index in [-0.39, 0.29) is 18.1 Å². The van der Waals surface area contributed by atoms with Gasteiger partial charge in [-0.3, -0.25) is 9.69 Å². The van der Waals surface area contributed by atoms with Gasteiger partial charge < -0.3 is 14.3 Å². The van der Waals surface area contributed by atoms with Crippen LogP contribution in [0.15, 0.2) is 21.3 Å². The second kappa shape index (κ2) is 9.24. The summed E-state index contributed by atoms with van der Waals surface area (Å²) >= 11 is 0. The number of fused-ring (bicyclic) bond motifs is 1. The molecule has 0 saturated carbocycles. The van der Waals surface area contributed by atoms with Gasteiger partial charge >= 0.3 is 11.6 Å². The first-order valence-corrected chi connectivity index (χ1v) is 10.2. The van der Waals surface area contributed by atoms with Crippen LogP contribution in [0.2, 0.25) is 0 Å². The number of carbonyl (C=O) groups is 1. The quantitative estimate of drug-likeness (QED) is 0.602. The van der Waals surface area contributed by atoms with Gasteiger partial charge in [0, 0.05) is 24.4 Å². The van der Waals surface area contributed by atoms with E-state index in [0.29, 0.717) is 36.3 Å². The van der Waals surface area contributed by atoms with Crippen LogP contribution in [0.5, 0.6) is 5.75 Å². The Bertz CT molecular complexity index is 894. The zero-order chi connectivity index (χ0) is 20.1. The molecule has 2 heterocycles. The van der Waals surface area contributed by atoms with Gasteiger partial charge in [-0.25, -0.2) is 4.79 Å². The number of nitrogens with zero attached hydrogens (tertiary/aromatic N) is 1. The molecule has 1 fully saturated rings. The van der Waals surface area contributed by atoms with Crippen LogP contribution in [0.25, 0.3) is 11.0 Å². The van der Waals surface area contributed by atoms with E-state index in [1.165, 1.54) is 18.9 Å². The fourth-order valence-corrected chi connectivity index (χ4v) is 3.89. The maximum absolute atomic E-state index is 12.0. The van der Waals surface area contributed by atoms with E-state index in [9.17, 15) is 14.7 Å². The van der Waals surface area contributed by atoms with E-state index in [0.717, 1.165) is 36.9 Å². The molecule has 0 spiro atoms. The zero-order valence-electron chi connectivity index (χ0n) is 16.8. The maximum atomic E-state index is 12.0. The number of phenolic OH excluding ortho intramolecular Hbond substituents is 1. The van der Waals surface area contributed by atoms with Crippen molar-refractivity contribution in [3.05, 3.63) is 39.2 Å². The number of esters is 1. The molecule has 0 radical (unpaired) electrons. The van der Waals surface area contributed by atoms with Crippen molar-refractivity contribution in [3.63, 3.8) is 0 Å². The number of aryl methyl sites for hydroxylation is 2. The molecule has 2 aromatic rings. The third-order valence-electron chi connectivity index (χ3n) is 5.37. The number of ether oxygens (including phenoxy) is 1. The van der Waals surface area contributed by atoms with Gasteiger partial charge in [0.2, 0.25) is 0 Å². The van der Waals surface area contributed by atoms with Crippen molar-refractivity contribution in [1.82, 2.24) is 4.90 Å². The number of likely N-dealkylation sites (tertiary alicyclic amines) is 1. The second-order valence-electron chi connectivity index (χ2n) is 7.48. The van der Waals surface area contributed by atoms with Crippen molar-refractivity contribution in [1.29, 1.82) is 0 Å². The topological polar surface area (TPSA) is 80.0 Å². The van der Waals surface area contributed by atoms with Crippen LogP contribution in [0.3, 0.4) is 0 Å². The van der Waals surface area contributed by atoms with Gasteiger partial charge in [-0.05, 0) is 63.4 Å². The minimum atomic E-state index is -0.416. The summed E-state index contributed by atoms with van der Waals surface area (Å²) in [5, 5.41) is 11.8. The summed E-state index contributed by atoms with van der Waals surface area (Å²) in [5.74, 6) is -0.165. The molecule has 1 aliphatic heterocycles. The number of phenols is 1. The fourth-order valence-electron chi connectivity index (χ4n) is 3.89. The van der Waals surface area contributed by atoms with Gasteiger partial charge in [-0.1, -0.05) is 12.8 Å². The monoisotopic (exact) mass is 387 g/mol. The van der Waals surface area contributed by atoms with Crippen molar-refractivity contribution in [3.8, 4) is 5.75 Å². The van der Waals surface area contributed by atoms with E-state index in [4.69, 9.17) is 9.15 Å². The van der Waals surface area contributed by atoms with Crippen LogP contribution < -0.4 is 5.63 Å². The Morgan fingerprint density at radius 2 is 1.93 bits per heavy atom. The van der Waals surface area contributed by atoms with Crippen LogP contribution in [0, 0.1) is 6.92 Å². The number of benzene rings is 1. The number of hydrogen-bond donors (Lipinski definition) is 1. The lowest BCUT2D eigenvalue weighted by atomic mass is 9.98. The van der Waals surface area contributed by atoms with Crippen molar-refractivity contribution in [2.75, 3.05) is 19.7 Å². The molecule has 1 saturated heterocycles. The number of aromatic hydroxyl groups is 1. The Morgan fingerprint density at radius 1 is 1.21 bits per heavy atom. The van der Waals surface area contributed by atoms with Crippen LogP contribution in [0.4, 0.5) is 0 Å². The standard InChI is InChI=1S/C22H29NO5/c1-3-27-19(24)9-8-16-13-17-15(2)12-20(25)28-22(17)18(21(16)26)14-23-10-6-4-5-7-11-23/h12-13,26H,3-11,14H2,1-2H3. The number of carbonyl (C=O) groups excluding carboxylic acids is 1. The SMILES string of the molecule is CCOC(=O)CCc1cc2c(C)cc(=O)oc2c(CN2CCCCCC2)c1O. The van der Waals surface area contributed by atoms with Gasteiger partial charge in [-0.2, -0.15) is 0 Å². The highest BCUT2D eigenvalue weighted by Crippen LogP contribution is 2.34. The third-order valence-corrected chi connectivity index (χ3v) is 5.37. The summed E-state index contributed by atoms with van der Waals surface area (Å²) in [6.07, 6.45) is 5.28. The highest BCUT2D eigenvalue weighted by atomic mass is 16.5. The molecular formula is C22H29NO5. The molecule has 0 aliphatic carbocycles. The van der Waals surface area contributed by atoms with Gasteiger partial charge in [0.15, 0.2) is 0 Å². The van der Waals surface area contributed by atoms with Crippen molar-refractivity contribution in [2.24, 2.45) is 0 Å². The van der Waals surface area contributed by atoms with Crippen molar-refractivity contribution in [2.45, 2.75) is 58.9 Å². The van der Waals surface area contributed by atoms with Crippen LogP contribution in [-0.2, 0) is 22.5 Å². The molecule has 6 nitrogen and oxygen atoms in total. The molecule has 0 amide bonds. The van der Waals surface area contributed by atoms with Gasteiger partial charge in [0.1, 0.15) is 11.3 Å². The summed E-state index contributed by atoms with van der Waals surface area (Å²) in [4.78, 5) is 26.0. The number of hydrogen-bond acceptors (Lipinski definition) is 6. The summed E-state index contributed by atoms with van der Waals surface area (Å²) < 4.78 is 10.5. The smallest absolute Gasteiger partial charge is 0.336 e. The van der Waals surface area contributed by atoms with Crippen LogP contribution in [0.1, 0.15) is 55.7 Å². The van der Waals surface area contributed by atoms with Crippen molar-refractivity contribution >= 4 is 16.9 Å². The molecule has 1 N–H and O–H groups in total. The molecule has 152 valence electrons. The molecular weight excluding hydrogens is 358 g/mol. The first kappa shape index (κ1) is 20.4. The third kappa shape index (κ3) is 4.73. The molecule has 1 aliphatic rings. The molecule has 28 heavy (non-hydrogen) atoms. The van der Waals surface area contributed by atoms with E-state index in [1.54, 1.807) is 6.92 Å².